The third kappa shape index (κ3) is 3.29. The lowest BCUT2D eigenvalue weighted by molar-refractivity contribution is -0.129. The van der Waals surface area contributed by atoms with E-state index in [-0.39, 0.29) is 23.5 Å². The van der Waals surface area contributed by atoms with Crippen LogP contribution in [0.3, 0.4) is 0 Å². The summed E-state index contributed by atoms with van der Waals surface area (Å²) in [6.07, 6.45) is 3.29. The highest BCUT2D eigenvalue weighted by molar-refractivity contribution is 5.81. The SMILES string of the molecule is CC(C)(C)C(=O)NC1CCC(O)CC1. The van der Waals surface area contributed by atoms with Crippen LogP contribution in [0.2, 0.25) is 0 Å². The summed E-state index contributed by atoms with van der Waals surface area (Å²) in [6.45, 7) is 5.75. The van der Waals surface area contributed by atoms with Gasteiger partial charge in [-0.3, -0.25) is 4.79 Å². The molecule has 0 spiro atoms. The Balaban J connectivity index is 2.35. The van der Waals surface area contributed by atoms with Gasteiger partial charge in [0.05, 0.1) is 6.10 Å². The van der Waals surface area contributed by atoms with Crippen molar-refractivity contribution < 1.29 is 9.90 Å². The first-order valence-electron chi connectivity index (χ1n) is 5.38. The molecule has 3 heteroatoms. The third-order valence-electron chi connectivity index (χ3n) is 2.71. The van der Waals surface area contributed by atoms with E-state index in [9.17, 15) is 9.90 Å². The fourth-order valence-electron chi connectivity index (χ4n) is 1.62. The molecule has 0 aromatic rings. The van der Waals surface area contributed by atoms with Crippen LogP contribution >= 0.6 is 0 Å². The third-order valence-corrected chi connectivity index (χ3v) is 2.71. The fraction of sp³-hybridized carbons (Fsp3) is 0.909. The average molecular weight is 199 g/mol. The Bertz CT molecular complexity index is 200. The molecule has 1 rings (SSSR count). The highest BCUT2D eigenvalue weighted by atomic mass is 16.3. The van der Waals surface area contributed by atoms with Crippen LogP contribution in [0.4, 0.5) is 0 Å². The van der Waals surface area contributed by atoms with E-state index in [1.807, 2.05) is 20.8 Å². The number of hydrogen-bond acceptors (Lipinski definition) is 2. The molecule has 1 amide bonds. The van der Waals surface area contributed by atoms with Gasteiger partial charge in [0.15, 0.2) is 0 Å². The Labute approximate surface area is 85.9 Å². The topological polar surface area (TPSA) is 49.3 Å². The van der Waals surface area contributed by atoms with E-state index >= 15 is 0 Å². The molecule has 0 unspecified atom stereocenters. The number of nitrogens with one attached hydrogen (secondary N) is 1. The largest absolute Gasteiger partial charge is 0.393 e. The summed E-state index contributed by atoms with van der Waals surface area (Å²) in [5.74, 6) is 0.110. The number of carbonyl (C=O) groups excluding carboxylic acids is 1. The van der Waals surface area contributed by atoms with Crippen LogP contribution in [-0.4, -0.2) is 23.2 Å². The minimum atomic E-state index is -0.309. The number of amides is 1. The highest BCUT2D eigenvalue weighted by Gasteiger charge is 2.26. The van der Waals surface area contributed by atoms with Crippen molar-refractivity contribution in [1.29, 1.82) is 0 Å². The quantitative estimate of drug-likeness (QED) is 0.671. The summed E-state index contributed by atoms with van der Waals surface area (Å²) in [6, 6.07) is 0.269. The summed E-state index contributed by atoms with van der Waals surface area (Å²) in [5.41, 5.74) is -0.309. The fourth-order valence-corrected chi connectivity index (χ4v) is 1.62. The number of aliphatic hydroxyl groups is 1. The summed E-state index contributed by atoms with van der Waals surface area (Å²) in [7, 11) is 0. The van der Waals surface area contributed by atoms with E-state index in [2.05, 4.69) is 5.32 Å². The zero-order valence-corrected chi connectivity index (χ0v) is 9.34. The van der Waals surface area contributed by atoms with Gasteiger partial charge in [-0.05, 0) is 25.7 Å². The van der Waals surface area contributed by atoms with E-state index < -0.39 is 0 Å². The van der Waals surface area contributed by atoms with Crippen molar-refractivity contribution in [2.75, 3.05) is 0 Å². The van der Waals surface area contributed by atoms with E-state index in [4.69, 9.17) is 0 Å². The molecule has 0 radical (unpaired) electrons. The van der Waals surface area contributed by atoms with Crippen molar-refractivity contribution in [2.24, 2.45) is 5.41 Å². The van der Waals surface area contributed by atoms with Gasteiger partial charge in [-0.15, -0.1) is 0 Å². The molecular weight excluding hydrogens is 178 g/mol. The van der Waals surface area contributed by atoms with Crippen LogP contribution < -0.4 is 5.32 Å². The zero-order chi connectivity index (χ0) is 10.8. The molecule has 3 nitrogen and oxygen atoms in total. The lowest BCUT2D eigenvalue weighted by Crippen LogP contribution is -2.43. The number of hydrogen-bond donors (Lipinski definition) is 2. The van der Waals surface area contributed by atoms with Crippen LogP contribution in [-0.2, 0) is 4.79 Å². The van der Waals surface area contributed by atoms with Crippen molar-refractivity contribution in [2.45, 2.75) is 58.6 Å². The van der Waals surface area contributed by atoms with Gasteiger partial charge in [0, 0.05) is 11.5 Å². The zero-order valence-electron chi connectivity index (χ0n) is 9.34. The van der Waals surface area contributed by atoms with Crippen LogP contribution in [0.5, 0.6) is 0 Å². The lowest BCUT2D eigenvalue weighted by atomic mass is 9.90. The molecule has 0 aromatic carbocycles. The number of carbonyl (C=O) groups is 1. The Kier molecular flexibility index (Phi) is 3.53. The first kappa shape index (κ1) is 11.5. The normalized spacial score (nSPS) is 28.6. The second kappa shape index (κ2) is 4.30. The minimum absolute atomic E-state index is 0.110. The second-order valence-electron chi connectivity index (χ2n) is 5.23. The van der Waals surface area contributed by atoms with Crippen LogP contribution in [0, 0.1) is 5.41 Å². The first-order chi connectivity index (χ1) is 6.39. The van der Waals surface area contributed by atoms with Gasteiger partial charge in [0.25, 0.3) is 0 Å². The Morgan fingerprint density at radius 2 is 1.71 bits per heavy atom. The standard InChI is InChI=1S/C11H21NO2/c1-11(2,3)10(14)12-8-4-6-9(13)7-5-8/h8-9,13H,4-7H2,1-3H3,(H,12,14). The molecule has 0 aromatic heterocycles. The van der Waals surface area contributed by atoms with Gasteiger partial charge in [0.2, 0.25) is 5.91 Å². The molecule has 82 valence electrons. The summed E-state index contributed by atoms with van der Waals surface area (Å²) in [5, 5.41) is 12.3. The molecule has 0 heterocycles. The van der Waals surface area contributed by atoms with Crippen LogP contribution in [0.1, 0.15) is 46.5 Å². The maximum Gasteiger partial charge on any atom is 0.225 e. The van der Waals surface area contributed by atoms with Gasteiger partial charge in [-0.25, -0.2) is 0 Å². The van der Waals surface area contributed by atoms with Crippen molar-refractivity contribution >= 4 is 5.91 Å². The van der Waals surface area contributed by atoms with Crippen LogP contribution in [0.15, 0.2) is 0 Å². The monoisotopic (exact) mass is 199 g/mol. The number of aliphatic hydroxyl groups excluding tert-OH is 1. The Morgan fingerprint density at radius 1 is 1.21 bits per heavy atom. The molecule has 1 aliphatic carbocycles. The van der Waals surface area contributed by atoms with Crippen molar-refractivity contribution in [3.63, 3.8) is 0 Å². The van der Waals surface area contributed by atoms with Gasteiger partial charge >= 0.3 is 0 Å². The second-order valence-corrected chi connectivity index (χ2v) is 5.23. The van der Waals surface area contributed by atoms with E-state index in [1.165, 1.54) is 0 Å². The molecule has 0 atom stereocenters. The molecule has 1 saturated carbocycles. The first-order valence-corrected chi connectivity index (χ1v) is 5.38. The molecule has 14 heavy (non-hydrogen) atoms. The molecule has 0 aliphatic heterocycles. The van der Waals surface area contributed by atoms with Crippen molar-refractivity contribution in [1.82, 2.24) is 5.32 Å². The Hall–Kier alpha value is -0.570. The van der Waals surface area contributed by atoms with Crippen molar-refractivity contribution in [3.05, 3.63) is 0 Å². The molecule has 0 bridgehead atoms. The summed E-state index contributed by atoms with van der Waals surface area (Å²) >= 11 is 0. The highest BCUT2D eigenvalue weighted by Crippen LogP contribution is 2.20. The molecule has 1 aliphatic rings. The summed E-state index contributed by atoms with van der Waals surface area (Å²) in [4.78, 5) is 11.6. The van der Waals surface area contributed by atoms with Crippen LogP contribution in [0.25, 0.3) is 0 Å². The van der Waals surface area contributed by atoms with Gasteiger partial charge in [-0.2, -0.15) is 0 Å². The van der Waals surface area contributed by atoms with Crippen molar-refractivity contribution in [3.8, 4) is 0 Å². The minimum Gasteiger partial charge on any atom is -0.393 e. The van der Waals surface area contributed by atoms with Gasteiger partial charge < -0.3 is 10.4 Å². The van der Waals surface area contributed by atoms with E-state index in [0.29, 0.717) is 0 Å². The molecule has 2 N–H and O–H groups in total. The molecular formula is C11H21NO2. The maximum absolute atomic E-state index is 11.6. The molecule has 0 saturated heterocycles. The molecule has 1 fully saturated rings. The smallest absolute Gasteiger partial charge is 0.225 e. The predicted molar refractivity (Wildman–Crippen MR) is 55.9 cm³/mol. The van der Waals surface area contributed by atoms with Gasteiger partial charge in [0.1, 0.15) is 0 Å². The maximum atomic E-state index is 11.6. The number of rotatable bonds is 1. The predicted octanol–water partition coefficient (Wildman–Crippen LogP) is 1.45. The van der Waals surface area contributed by atoms with E-state index in [0.717, 1.165) is 25.7 Å². The van der Waals surface area contributed by atoms with E-state index in [1.54, 1.807) is 0 Å². The van der Waals surface area contributed by atoms with Gasteiger partial charge in [-0.1, -0.05) is 20.8 Å². The lowest BCUT2D eigenvalue weighted by Gasteiger charge is -2.29. The average Bonchev–Trinajstić information content (AvgIpc) is 2.07. The summed E-state index contributed by atoms with van der Waals surface area (Å²) < 4.78 is 0. The Morgan fingerprint density at radius 3 is 2.14 bits per heavy atom.